The van der Waals surface area contributed by atoms with Gasteiger partial charge in [0.2, 0.25) is 5.91 Å². The third-order valence-electron chi connectivity index (χ3n) is 2.73. The monoisotopic (exact) mass is 240 g/mol. The lowest BCUT2D eigenvalue weighted by atomic mass is 9.93. The summed E-state index contributed by atoms with van der Waals surface area (Å²) in [4.78, 5) is 13.1. The van der Waals surface area contributed by atoms with Crippen LogP contribution in [0.5, 0.6) is 0 Å². The van der Waals surface area contributed by atoms with Crippen molar-refractivity contribution in [2.75, 3.05) is 13.1 Å². The summed E-state index contributed by atoms with van der Waals surface area (Å²) in [5.74, 6) is 0.0317. The van der Waals surface area contributed by atoms with E-state index in [1.165, 1.54) is 10.4 Å². The molecule has 0 aliphatic carbocycles. The van der Waals surface area contributed by atoms with Crippen LogP contribution in [-0.4, -0.2) is 19.0 Å². The van der Waals surface area contributed by atoms with Crippen LogP contribution in [0.15, 0.2) is 11.4 Å². The van der Waals surface area contributed by atoms with E-state index < -0.39 is 5.41 Å². The van der Waals surface area contributed by atoms with Crippen molar-refractivity contribution in [2.45, 2.75) is 27.2 Å². The molecule has 1 amide bonds. The molecule has 0 saturated heterocycles. The number of hydrogen-bond donors (Lipinski definition) is 2. The van der Waals surface area contributed by atoms with Crippen LogP contribution in [-0.2, 0) is 11.2 Å². The number of amides is 1. The zero-order valence-corrected chi connectivity index (χ0v) is 11.0. The molecule has 1 aromatic rings. The first-order valence-electron chi connectivity index (χ1n) is 5.48. The van der Waals surface area contributed by atoms with Crippen LogP contribution >= 0.6 is 11.3 Å². The maximum Gasteiger partial charge on any atom is 0.226 e. The second-order valence-corrected chi connectivity index (χ2v) is 5.62. The van der Waals surface area contributed by atoms with E-state index in [0.717, 1.165) is 6.42 Å². The molecule has 1 rings (SSSR count). The molecule has 0 radical (unpaired) electrons. The predicted molar refractivity (Wildman–Crippen MR) is 68.6 cm³/mol. The van der Waals surface area contributed by atoms with Crippen molar-refractivity contribution in [3.8, 4) is 0 Å². The van der Waals surface area contributed by atoms with Gasteiger partial charge in [0.15, 0.2) is 0 Å². The standard InChI is InChI=1S/C12H20N2OS/c1-9-5-7-16-10(9)4-6-14-11(15)12(2,3)8-13/h5,7H,4,6,8,13H2,1-3H3,(H,14,15). The molecular weight excluding hydrogens is 220 g/mol. The van der Waals surface area contributed by atoms with E-state index >= 15 is 0 Å². The highest BCUT2D eigenvalue weighted by Crippen LogP contribution is 2.16. The molecule has 0 unspecified atom stereocenters. The number of carbonyl (C=O) groups is 1. The van der Waals surface area contributed by atoms with Gasteiger partial charge in [-0.1, -0.05) is 0 Å². The Hall–Kier alpha value is -0.870. The van der Waals surface area contributed by atoms with Gasteiger partial charge in [0.1, 0.15) is 0 Å². The fourth-order valence-electron chi connectivity index (χ4n) is 1.28. The highest BCUT2D eigenvalue weighted by atomic mass is 32.1. The molecule has 3 N–H and O–H groups in total. The van der Waals surface area contributed by atoms with Gasteiger partial charge in [0, 0.05) is 18.0 Å². The number of aryl methyl sites for hydroxylation is 1. The van der Waals surface area contributed by atoms with Gasteiger partial charge >= 0.3 is 0 Å². The van der Waals surface area contributed by atoms with E-state index in [4.69, 9.17) is 5.73 Å². The molecule has 1 heterocycles. The Morgan fingerprint density at radius 1 is 1.56 bits per heavy atom. The number of thiophene rings is 1. The van der Waals surface area contributed by atoms with Crippen molar-refractivity contribution in [1.82, 2.24) is 5.32 Å². The SMILES string of the molecule is Cc1ccsc1CCNC(=O)C(C)(C)CN. The van der Waals surface area contributed by atoms with Crippen molar-refractivity contribution in [3.05, 3.63) is 21.9 Å². The summed E-state index contributed by atoms with van der Waals surface area (Å²) < 4.78 is 0. The van der Waals surface area contributed by atoms with Gasteiger partial charge in [-0.15, -0.1) is 11.3 Å². The Morgan fingerprint density at radius 3 is 2.75 bits per heavy atom. The highest BCUT2D eigenvalue weighted by molar-refractivity contribution is 7.10. The van der Waals surface area contributed by atoms with Crippen LogP contribution in [0.3, 0.4) is 0 Å². The van der Waals surface area contributed by atoms with Crippen molar-refractivity contribution >= 4 is 17.2 Å². The fourth-order valence-corrected chi connectivity index (χ4v) is 2.19. The van der Waals surface area contributed by atoms with Crippen molar-refractivity contribution in [1.29, 1.82) is 0 Å². The van der Waals surface area contributed by atoms with Crippen LogP contribution in [0.1, 0.15) is 24.3 Å². The zero-order valence-electron chi connectivity index (χ0n) is 10.2. The van der Waals surface area contributed by atoms with Crippen LogP contribution in [0, 0.1) is 12.3 Å². The predicted octanol–water partition coefficient (Wildman–Crippen LogP) is 1.70. The number of hydrogen-bond acceptors (Lipinski definition) is 3. The van der Waals surface area contributed by atoms with Crippen LogP contribution in [0.25, 0.3) is 0 Å². The molecule has 0 saturated carbocycles. The summed E-state index contributed by atoms with van der Waals surface area (Å²) in [5, 5.41) is 5.01. The molecule has 1 aromatic heterocycles. The smallest absolute Gasteiger partial charge is 0.226 e. The number of carbonyl (C=O) groups excluding carboxylic acids is 1. The van der Waals surface area contributed by atoms with Gasteiger partial charge in [0.05, 0.1) is 5.41 Å². The summed E-state index contributed by atoms with van der Waals surface area (Å²) in [6.07, 6.45) is 0.899. The van der Waals surface area contributed by atoms with E-state index in [1.807, 2.05) is 13.8 Å². The minimum atomic E-state index is -0.468. The van der Waals surface area contributed by atoms with Gasteiger partial charge in [-0.2, -0.15) is 0 Å². The molecule has 0 spiro atoms. The van der Waals surface area contributed by atoms with E-state index in [0.29, 0.717) is 13.1 Å². The van der Waals surface area contributed by atoms with E-state index in [9.17, 15) is 4.79 Å². The van der Waals surface area contributed by atoms with Crippen molar-refractivity contribution in [3.63, 3.8) is 0 Å². The van der Waals surface area contributed by atoms with Gasteiger partial charge in [-0.3, -0.25) is 4.79 Å². The number of nitrogens with two attached hydrogens (primary N) is 1. The van der Waals surface area contributed by atoms with E-state index in [1.54, 1.807) is 11.3 Å². The first kappa shape index (κ1) is 13.2. The number of nitrogens with one attached hydrogen (secondary N) is 1. The van der Waals surface area contributed by atoms with Gasteiger partial charge < -0.3 is 11.1 Å². The summed E-state index contributed by atoms with van der Waals surface area (Å²) in [7, 11) is 0. The summed E-state index contributed by atoms with van der Waals surface area (Å²) in [6, 6.07) is 2.10. The lowest BCUT2D eigenvalue weighted by Gasteiger charge is -2.21. The van der Waals surface area contributed by atoms with Crippen LogP contribution < -0.4 is 11.1 Å². The Kier molecular flexibility index (Phi) is 4.50. The molecule has 90 valence electrons. The third-order valence-corrected chi connectivity index (χ3v) is 3.81. The molecule has 4 heteroatoms. The van der Waals surface area contributed by atoms with Gasteiger partial charge in [0.25, 0.3) is 0 Å². The van der Waals surface area contributed by atoms with E-state index in [2.05, 4.69) is 23.7 Å². The third kappa shape index (κ3) is 3.32. The lowest BCUT2D eigenvalue weighted by molar-refractivity contribution is -0.128. The van der Waals surface area contributed by atoms with E-state index in [-0.39, 0.29) is 5.91 Å². The Balaban J connectivity index is 2.37. The lowest BCUT2D eigenvalue weighted by Crippen LogP contribution is -2.42. The average molecular weight is 240 g/mol. The first-order chi connectivity index (χ1) is 7.47. The topological polar surface area (TPSA) is 55.1 Å². The second-order valence-electron chi connectivity index (χ2n) is 4.62. The summed E-state index contributed by atoms with van der Waals surface area (Å²) in [6.45, 7) is 6.87. The second kappa shape index (κ2) is 5.46. The molecule has 0 atom stereocenters. The van der Waals surface area contributed by atoms with Gasteiger partial charge in [-0.25, -0.2) is 0 Å². The van der Waals surface area contributed by atoms with Gasteiger partial charge in [-0.05, 0) is 44.2 Å². The molecule has 0 bridgehead atoms. The maximum absolute atomic E-state index is 11.7. The Labute approximate surface area is 101 Å². The quantitative estimate of drug-likeness (QED) is 0.823. The Bertz CT molecular complexity index is 358. The average Bonchev–Trinajstić information content (AvgIpc) is 2.64. The summed E-state index contributed by atoms with van der Waals surface area (Å²) in [5.41, 5.74) is 6.37. The molecule has 16 heavy (non-hydrogen) atoms. The normalized spacial score (nSPS) is 11.5. The minimum absolute atomic E-state index is 0.0317. The largest absolute Gasteiger partial charge is 0.355 e. The molecule has 0 aliphatic rings. The summed E-state index contributed by atoms with van der Waals surface area (Å²) >= 11 is 1.74. The maximum atomic E-state index is 11.7. The van der Waals surface area contributed by atoms with Crippen LogP contribution in [0.4, 0.5) is 0 Å². The molecule has 3 nitrogen and oxygen atoms in total. The molecule has 0 aliphatic heterocycles. The highest BCUT2D eigenvalue weighted by Gasteiger charge is 2.24. The van der Waals surface area contributed by atoms with Crippen LogP contribution in [0.2, 0.25) is 0 Å². The minimum Gasteiger partial charge on any atom is -0.355 e. The molecule has 0 fully saturated rings. The Morgan fingerprint density at radius 2 is 2.25 bits per heavy atom. The first-order valence-corrected chi connectivity index (χ1v) is 6.36. The van der Waals surface area contributed by atoms with Crippen molar-refractivity contribution in [2.24, 2.45) is 11.1 Å². The molecule has 0 aromatic carbocycles. The number of rotatable bonds is 5. The zero-order chi connectivity index (χ0) is 12.2. The fraction of sp³-hybridized carbons (Fsp3) is 0.583. The molecular formula is C12H20N2OS. The van der Waals surface area contributed by atoms with Crippen molar-refractivity contribution < 1.29 is 4.79 Å².